The molecule has 0 aliphatic rings. The van der Waals surface area contributed by atoms with Gasteiger partial charge in [-0.3, -0.25) is 4.79 Å². The molecule has 0 heterocycles. The highest BCUT2D eigenvalue weighted by Gasteiger charge is 2.17. The van der Waals surface area contributed by atoms with Crippen LogP contribution in [0.3, 0.4) is 0 Å². The average Bonchev–Trinajstić information content (AvgIpc) is 2.10. The molecule has 0 aromatic heterocycles. The third kappa shape index (κ3) is 5.67. The average molecular weight is 186 g/mol. The van der Waals surface area contributed by atoms with Gasteiger partial charge in [-0.05, 0) is 18.8 Å². The summed E-state index contributed by atoms with van der Waals surface area (Å²) in [4.78, 5) is 10.7. The fraction of sp³-hybridized carbons (Fsp3) is 0.909. The van der Waals surface area contributed by atoms with Crippen LogP contribution in [0.15, 0.2) is 0 Å². The molecule has 0 aromatic rings. The Morgan fingerprint density at radius 3 is 2.38 bits per heavy atom. The van der Waals surface area contributed by atoms with Gasteiger partial charge in [0.25, 0.3) is 0 Å². The number of carbonyl (C=O) groups is 1. The second kappa shape index (κ2) is 6.93. The first-order valence-corrected chi connectivity index (χ1v) is 5.34. The van der Waals surface area contributed by atoms with Crippen LogP contribution in [0.2, 0.25) is 0 Å². The van der Waals surface area contributed by atoms with Gasteiger partial charge in [0.1, 0.15) is 0 Å². The minimum absolute atomic E-state index is 0.133. The van der Waals surface area contributed by atoms with Crippen molar-refractivity contribution in [2.24, 2.45) is 11.8 Å². The fourth-order valence-electron chi connectivity index (χ4n) is 1.60. The molecule has 2 nitrogen and oxygen atoms in total. The van der Waals surface area contributed by atoms with Gasteiger partial charge >= 0.3 is 5.97 Å². The Labute approximate surface area is 81.3 Å². The highest BCUT2D eigenvalue weighted by molar-refractivity contribution is 5.69. The number of hydrogen-bond donors (Lipinski definition) is 1. The minimum Gasteiger partial charge on any atom is -0.481 e. The summed E-state index contributed by atoms with van der Waals surface area (Å²) in [6, 6.07) is 0. The number of carboxylic acid groups (broad SMARTS) is 1. The lowest BCUT2D eigenvalue weighted by Gasteiger charge is -2.15. The zero-order valence-electron chi connectivity index (χ0n) is 9.05. The smallest absolute Gasteiger partial charge is 0.306 e. The summed E-state index contributed by atoms with van der Waals surface area (Å²) in [6.45, 7) is 6.27. The highest BCUT2D eigenvalue weighted by Crippen LogP contribution is 2.20. The third-order valence-corrected chi connectivity index (χ3v) is 2.58. The maximum atomic E-state index is 10.7. The van der Waals surface area contributed by atoms with Gasteiger partial charge in [0.2, 0.25) is 0 Å². The first-order valence-electron chi connectivity index (χ1n) is 5.34. The second-order valence-corrected chi connectivity index (χ2v) is 3.93. The second-order valence-electron chi connectivity index (χ2n) is 3.93. The Bertz CT molecular complexity index is 143. The van der Waals surface area contributed by atoms with Gasteiger partial charge in [-0.2, -0.15) is 0 Å². The summed E-state index contributed by atoms with van der Waals surface area (Å²) in [6.07, 6.45) is 5.18. The first-order chi connectivity index (χ1) is 6.11. The van der Waals surface area contributed by atoms with Gasteiger partial charge in [0.05, 0.1) is 5.92 Å². The topological polar surface area (TPSA) is 37.3 Å². The Kier molecular flexibility index (Phi) is 6.65. The van der Waals surface area contributed by atoms with E-state index in [-0.39, 0.29) is 5.92 Å². The molecule has 1 N–H and O–H groups in total. The summed E-state index contributed by atoms with van der Waals surface area (Å²) in [7, 11) is 0. The molecule has 0 aliphatic carbocycles. The summed E-state index contributed by atoms with van der Waals surface area (Å²) in [5, 5.41) is 8.85. The molecule has 2 heteroatoms. The lowest BCUT2D eigenvalue weighted by molar-refractivity contribution is -0.142. The molecule has 0 saturated carbocycles. The predicted octanol–water partition coefficient (Wildman–Crippen LogP) is 3.31. The van der Waals surface area contributed by atoms with E-state index < -0.39 is 5.97 Å². The van der Waals surface area contributed by atoms with E-state index in [2.05, 4.69) is 13.8 Å². The molecule has 0 aromatic carbocycles. The van der Waals surface area contributed by atoms with Crippen LogP contribution >= 0.6 is 0 Å². The largest absolute Gasteiger partial charge is 0.481 e. The van der Waals surface area contributed by atoms with Crippen LogP contribution in [0, 0.1) is 11.8 Å². The van der Waals surface area contributed by atoms with E-state index in [9.17, 15) is 4.79 Å². The Morgan fingerprint density at radius 1 is 1.38 bits per heavy atom. The Morgan fingerprint density at radius 2 is 2.00 bits per heavy atom. The normalized spacial score (nSPS) is 15.3. The molecular formula is C11H22O2. The zero-order valence-corrected chi connectivity index (χ0v) is 9.05. The van der Waals surface area contributed by atoms with E-state index in [1.807, 2.05) is 6.92 Å². The molecule has 2 unspecified atom stereocenters. The van der Waals surface area contributed by atoms with Crippen molar-refractivity contribution in [2.75, 3.05) is 0 Å². The minimum atomic E-state index is -0.633. The number of aliphatic carboxylic acids is 1. The first kappa shape index (κ1) is 12.5. The molecule has 0 aliphatic heterocycles. The third-order valence-electron chi connectivity index (χ3n) is 2.58. The summed E-state index contributed by atoms with van der Waals surface area (Å²) >= 11 is 0. The molecule has 2 atom stereocenters. The van der Waals surface area contributed by atoms with Gasteiger partial charge in [0, 0.05) is 0 Å². The maximum Gasteiger partial charge on any atom is 0.306 e. The van der Waals surface area contributed by atoms with E-state index in [0.717, 1.165) is 12.8 Å². The van der Waals surface area contributed by atoms with Crippen molar-refractivity contribution in [3.05, 3.63) is 0 Å². The predicted molar refractivity (Wildman–Crippen MR) is 54.7 cm³/mol. The van der Waals surface area contributed by atoms with Gasteiger partial charge in [-0.1, -0.05) is 40.0 Å². The van der Waals surface area contributed by atoms with Crippen LogP contribution in [0.5, 0.6) is 0 Å². The van der Waals surface area contributed by atoms with Crippen molar-refractivity contribution in [3.8, 4) is 0 Å². The van der Waals surface area contributed by atoms with E-state index in [1.54, 1.807) is 0 Å². The summed E-state index contributed by atoms with van der Waals surface area (Å²) in [5.41, 5.74) is 0. The number of carboxylic acids is 1. The molecule has 78 valence electrons. The van der Waals surface area contributed by atoms with Gasteiger partial charge in [-0.15, -0.1) is 0 Å². The van der Waals surface area contributed by atoms with Gasteiger partial charge in [-0.25, -0.2) is 0 Å². The molecule has 0 radical (unpaired) electrons. The summed E-state index contributed by atoms with van der Waals surface area (Å²) in [5.74, 6) is -0.210. The van der Waals surface area contributed by atoms with Crippen LogP contribution in [0.25, 0.3) is 0 Å². The number of rotatable bonds is 7. The van der Waals surface area contributed by atoms with Crippen molar-refractivity contribution in [3.63, 3.8) is 0 Å². The Hall–Kier alpha value is -0.530. The van der Waals surface area contributed by atoms with Crippen molar-refractivity contribution < 1.29 is 9.90 Å². The summed E-state index contributed by atoms with van der Waals surface area (Å²) < 4.78 is 0. The van der Waals surface area contributed by atoms with Gasteiger partial charge in [0.15, 0.2) is 0 Å². The molecule has 0 rings (SSSR count). The molecule has 0 bridgehead atoms. The van der Waals surface area contributed by atoms with E-state index in [0.29, 0.717) is 5.92 Å². The van der Waals surface area contributed by atoms with Crippen molar-refractivity contribution in [1.29, 1.82) is 0 Å². The molecule has 0 amide bonds. The van der Waals surface area contributed by atoms with Crippen molar-refractivity contribution in [1.82, 2.24) is 0 Å². The zero-order chi connectivity index (χ0) is 10.3. The lowest BCUT2D eigenvalue weighted by atomic mass is 9.90. The van der Waals surface area contributed by atoms with Crippen LogP contribution in [-0.2, 0) is 4.79 Å². The molecule has 0 fully saturated rings. The quantitative estimate of drug-likeness (QED) is 0.662. The van der Waals surface area contributed by atoms with Gasteiger partial charge < -0.3 is 5.11 Å². The van der Waals surface area contributed by atoms with E-state index in [1.165, 1.54) is 19.3 Å². The van der Waals surface area contributed by atoms with E-state index in [4.69, 9.17) is 5.11 Å². The van der Waals surface area contributed by atoms with Crippen LogP contribution in [0.4, 0.5) is 0 Å². The lowest BCUT2D eigenvalue weighted by Crippen LogP contribution is -2.15. The van der Waals surface area contributed by atoms with Crippen LogP contribution < -0.4 is 0 Å². The SMILES string of the molecule is CCCCC(C)CC(CC)C(=O)O. The highest BCUT2D eigenvalue weighted by atomic mass is 16.4. The van der Waals surface area contributed by atoms with E-state index >= 15 is 0 Å². The fourth-order valence-corrected chi connectivity index (χ4v) is 1.60. The molecule has 0 saturated heterocycles. The van der Waals surface area contributed by atoms with Crippen molar-refractivity contribution in [2.45, 2.75) is 52.9 Å². The monoisotopic (exact) mass is 186 g/mol. The number of unbranched alkanes of at least 4 members (excludes halogenated alkanes) is 1. The maximum absolute atomic E-state index is 10.7. The number of hydrogen-bond acceptors (Lipinski definition) is 1. The van der Waals surface area contributed by atoms with Crippen LogP contribution in [-0.4, -0.2) is 11.1 Å². The molecule has 0 spiro atoms. The van der Waals surface area contributed by atoms with Crippen LogP contribution in [0.1, 0.15) is 52.9 Å². The molecular weight excluding hydrogens is 164 g/mol. The van der Waals surface area contributed by atoms with Crippen molar-refractivity contribution >= 4 is 5.97 Å². The Balaban J connectivity index is 3.73. The standard InChI is InChI=1S/C11H22O2/c1-4-6-7-9(3)8-10(5-2)11(12)13/h9-10H,4-8H2,1-3H3,(H,12,13). The molecule has 13 heavy (non-hydrogen) atoms.